The number of aryl methyl sites for hydroxylation is 1. The zero-order chi connectivity index (χ0) is 18.6. The second-order valence-corrected chi connectivity index (χ2v) is 8.14. The van der Waals surface area contributed by atoms with E-state index in [1.165, 1.54) is 13.8 Å². The van der Waals surface area contributed by atoms with Gasteiger partial charge >= 0.3 is 11.9 Å². The molecule has 2 unspecified atom stereocenters. The Morgan fingerprint density at radius 3 is 2.69 bits per heavy atom. The third-order valence-corrected chi connectivity index (χ3v) is 5.75. The lowest BCUT2D eigenvalue weighted by Gasteiger charge is -2.15. The summed E-state index contributed by atoms with van der Waals surface area (Å²) < 4.78 is 22.7. The molecule has 1 aliphatic heterocycles. The fraction of sp³-hybridized carbons (Fsp3) is 0.474. The number of rotatable bonds is 5. The molecule has 4 atom stereocenters. The molecule has 0 amide bonds. The number of benzene rings is 1. The first-order chi connectivity index (χ1) is 12.3. The number of fused-ring (bicyclic) bond motifs is 1. The van der Waals surface area contributed by atoms with Gasteiger partial charge < -0.3 is 18.6 Å². The van der Waals surface area contributed by atoms with Gasteiger partial charge in [0.05, 0.1) is 16.1 Å². The fourth-order valence-corrected chi connectivity index (χ4v) is 4.39. The number of carbonyl (C=O) groups is 2. The number of halogens is 1. The molecule has 1 aromatic carbocycles. The summed E-state index contributed by atoms with van der Waals surface area (Å²) in [6, 6.07) is 6.17. The van der Waals surface area contributed by atoms with Crippen molar-refractivity contribution in [1.29, 1.82) is 0 Å². The van der Waals surface area contributed by atoms with E-state index in [2.05, 4.69) is 34.7 Å². The Morgan fingerprint density at radius 1 is 1.31 bits per heavy atom. The summed E-state index contributed by atoms with van der Waals surface area (Å²) in [6.07, 6.45) is -0.159. The summed E-state index contributed by atoms with van der Waals surface area (Å²) in [7, 11) is 0. The van der Waals surface area contributed by atoms with Crippen LogP contribution < -0.4 is 0 Å². The second-order valence-electron chi connectivity index (χ2n) is 6.97. The van der Waals surface area contributed by atoms with Crippen molar-refractivity contribution >= 4 is 45.5 Å². The van der Waals surface area contributed by atoms with E-state index in [1.807, 2.05) is 13.0 Å². The number of hydrogen-bond acceptors (Lipinski definition) is 6. The topological polar surface area (TPSA) is 78.3 Å². The Hall–Kier alpha value is -1.61. The number of carbonyl (C=O) groups excluding carboxylic acids is 2. The molecule has 0 radical (unpaired) electrons. The molecule has 1 saturated heterocycles. The van der Waals surface area contributed by atoms with Crippen molar-refractivity contribution in [2.24, 2.45) is 11.8 Å². The highest BCUT2D eigenvalue weighted by Crippen LogP contribution is 2.60. The van der Waals surface area contributed by atoms with Crippen LogP contribution in [0.5, 0.6) is 0 Å². The largest absolute Gasteiger partial charge is 0.460 e. The van der Waals surface area contributed by atoms with E-state index < -0.39 is 17.9 Å². The predicted molar refractivity (Wildman–Crippen MR) is 100 cm³/mol. The van der Waals surface area contributed by atoms with Gasteiger partial charge in [0.2, 0.25) is 6.29 Å². The van der Waals surface area contributed by atoms with E-state index in [0.717, 1.165) is 25.9 Å². The summed E-state index contributed by atoms with van der Waals surface area (Å²) in [5.74, 6) is -0.0876. The molecule has 0 N–H and O–H groups in total. The molecule has 4 rings (SSSR count). The number of ether oxygens (including phenoxy) is 3. The lowest BCUT2D eigenvalue weighted by atomic mass is 9.92. The smallest absolute Gasteiger partial charge is 0.312 e. The van der Waals surface area contributed by atoms with E-state index in [1.54, 1.807) is 0 Å². The summed E-state index contributed by atoms with van der Waals surface area (Å²) in [5, 5.41) is 1.04. The van der Waals surface area contributed by atoms with Crippen molar-refractivity contribution in [2.45, 2.75) is 39.1 Å². The lowest BCUT2D eigenvalue weighted by molar-refractivity contribution is -0.184. The van der Waals surface area contributed by atoms with E-state index in [0.29, 0.717) is 13.0 Å². The lowest BCUT2D eigenvalue weighted by Crippen LogP contribution is -2.23. The van der Waals surface area contributed by atoms with Crippen molar-refractivity contribution in [2.75, 3.05) is 6.61 Å². The zero-order valence-electron chi connectivity index (χ0n) is 14.7. The zero-order valence-corrected chi connectivity index (χ0v) is 16.9. The maximum absolute atomic E-state index is 12.3. The van der Waals surface area contributed by atoms with Crippen molar-refractivity contribution in [1.82, 2.24) is 0 Å². The van der Waals surface area contributed by atoms with Crippen molar-refractivity contribution < 1.29 is 28.2 Å². The quantitative estimate of drug-likeness (QED) is 0.287. The van der Waals surface area contributed by atoms with Crippen molar-refractivity contribution in [3.8, 4) is 0 Å². The maximum atomic E-state index is 12.3. The van der Waals surface area contributed by atoms with Crippen LogP contribution in [0.3, 0.4) is 0 Å². The first-order valence-electron chi connectivity index (χ1n) is 8.52. The molecule has 138 valence electrons. The van der Waals surface area contributed by atoms with E-state index in [-0.39, 0.29) is 17.8 Å². The van der Waals surface area contributed by atoms with Gasteiger partial charge in [0.15, 0.2) is 0 Å². The molecular weight excluding hydrogens is 451 g/mol. The van der Waals surface area contributed by atoms with Crippen LogP contribution in [0, 0.1) is 22.3 Å². The summed E-state index contributed by atoms with van der Waals surface area (Å²) >= 11 is 2.27. The first kappa shape index (κ1) is 17.8. The number of esters is 2. The first-order valence-corrected chi connectivity index (χ1v) is 9.60. The minimum absolute atomic E-state index is 0.0841. The molecular formula is C19H19IO6. The van der Waals surface area contributed by atoms with Gasteiger partial charge in [-0.3, -0.25) is 9.59 Å². The van der Waals surface area contributed by atoms with E-state index >= 15 is 0 Å². The molecule has 1 aromatic heterocycles. The Kier molecular flexibility index (Phi) is 4.26. The summed E-state index contributed by atoms with van der Waals surface area (Å²) in [6.45, 7) is 5.35. The standard InChI is InChI=1S/C19H19IO6/c1-9-4-12-5-13(6-16(20)17(12)24-9)19(8-23-19)15-7-14(15)18(22)26-11(3)25-10(2)21/h4-6,11,14-15H,7-8H2,1-3H3/t11?,14-,15-,19?/m0/s1. The molecule has 7 heteroatoms. The average Bonchev–Trinajstić information content (AvgIpc) is 3.41. The van der Waals surface area contributed by atoms with Gasteiger partial charge in [0.1, 0.15) is 16.9 Å². The number of furan rings is 1. The average molecular weight is 470 g/mol. The fourth-order valence-electron chi connectivity index (χ4n) is 3.64. The van der Waals surface area contributed by atoms with Crippen molar-refractivity contribution in [3.63, 3.8) is 0 Å². The molecule has 2 heterocycles. The van der Waals surface area contributed by atoms with Gasteiger partial charge in [0.25, 0.3) is 0 Å². The molecule has 26 heavy (non-hydrogen) atoms. The Bertz CT molecular complexity index is 897. The van der Waals surface area contributed by atoms with E-state index in [4.69, 9.17) is 18.6 Å². The predicted octanol–water partition coefficient (Wildman–Crippen LogP) is 3.66. The Balaban J connectivity index is 1.50. The third-order valence-electron chi connectivity index (χ3n) is 4.94. The van der Waals surface area contributed by atoms with Crippen LogP contribution in [-0.2, 0) is 29.4 Å². The molecule has 0 spiro atoms. The van der Waals surface area contributed by atoms with Gasteiger partial charge in [-0.2, -0.15) is 0 Å². The minimum atomic E-state index is -0.872. The molecule has 2 aromatic rings. The van der Waals surface area contributed by atoms with Gasteiger partial charge in [-0.1, -0.05) is 0 Å². The summed E-state index contributed by atoms with van der Waals surface area (Å²) in [5.41, 5.74) is 1.53. The number of hydrogen-bond donors (Lipinski definition) is 0. The Morgan fingerprint density at radius 2 is 2.04 bits per heavy atom. The van der Waals surface area contributed by atoms with E-state index in [9.17, 15) is 9.59 Å². The highest BCUT2D eigenvalue weighted by atomic mass is 127. The van der Waals surface area contributed by atoms with Crippen LogP contribution in [-0.4, -0.2) is 24.8 Å². The second kappa shape index (κ2) is 6.23. The number of epoxide rings is 1. The molecule has 6 nitrogen and oxygen atoms in total. The van der Waals surface area contributed by atoms with Crippen LogP contribution >= 0.6 is 22.6 Å². The third kappa shape index (κ3) is 3.11. The van der Waals surface area contributed by atoms with Crippen LogP contribution in [0.25, 0.3) is 11.0 Å². The molecule has 2 fully saturated rings. The van der Waals surface area contributed by atoms with Crippen molar-refractivity contribution in [3.05, 3.63) is 33.1 Å². The van der Waals surface area contributed by atoms with Crippen LogP contribution in [0.2, 0.25) is 0 Å². The monoisotopic (exact) mass is 470 g/mol. The van der Waals surface area contributed by atoms with Gasteiger partial charge in [-0.25, -0.2) is 0 Å². The Labute approximate surface area is 164 Å². The molecule has 1 aliphatic carbocycles. The van der Waals surface area contributed by atoms with Crippen LogP contribution in [0.4, 0.5) is 0 Å². The van der Waals surface area contributed by atoms with Gasteiger partial charge in [-0.05, 0) is 59.7 Å². The summed E-state index contributed by atoms with van der Waals surface area (Å²) in [4.78, 5) is 23.2. The van der Waals surface area contributed by atoms with Crippen LogP contribution in [0.15, 0.2) is 22.6 Å². The molecule has 0 bridgehead atoms. The maximum Gasteiger partial charge on any atom is 0.312 e. The molecule has 1 saturated carbocycles. The molecule has 2 aliphatic rings. The van der Waals surface area contributed by atoms with Gasteiger partial charge in [-0.15, -0.1) is 0 Å². The van der Waals surface area contributed by atoms with Crippen LogP contribution in [0.1, 0.15) is 31.6 Å². The normalized spacial score (nSPS) is 27.8. The highest BCUT2D eigenvalue weighted by Gasteiger charge is 2.65. The highest BCUT2D eigenvalue weighted by molar-refractivity contribution is 14.1. The van der Waals surface area contributed by atoms with Gasteiger partial charge in [0, 0.05) is 25.2 Å². The SMILES string of the molecule is CC(=O)OC(C)OC(=O)[C@H]1C[C@@H]1C1(c2cc(I)c3oc(C)cc3c2)CO1. The minimum Gasteiger partial charge on any atom is -0.460 e.